The number of nitrogens with zero attached hydrogens (tertiary/aromatic N) is 1. The third kappa shape index (κ3) is 4.19. The van der Waals surface area contributed by atoms with Gasteiger partial charge in [-0.3, -0.25) is 0 Å². The minimum absolute atomic E-state index is 0.0799. The summed E-state index contributed by atoms with van der Waals surface area (Å²) in [4.78, 5) is 0. The summed E-state index contributed by atoms with van der Waals surface area (Å²) in [7, 11) is -3.38. The van der Waals surface area contributed by atoms with E-state index in [4.69, 9.17) is 4.74 Å². The highest BCUT2D eigenvalue weighted by Gasteiger charge is 2.28. The van der Waals surface area contributed by atoms with Crippen molar-refractivity contribution in [2.75, 3.05) is 19.7 Å². The first-order valence-corrected chi connectivity index (χ1v) is 8.48. The molecule has 0 unspecified atom stereocenters. The summed E-state index contributed by atoms with van der Waals surface area (Å²) in [6.07, 6.45) is 2.97. The highest BCUT2D eigenvalue weighted by Crippen LogP contribution is 2.18. The second kappa shape index (κ2) is 7.06. The molecule has 0 aromatic heterocycles. The van der Waals surface area contributed by atoms with Gasteiger partial charge in [0, 0.05) is 19.1 Å². The second-order valence-corrected chi connectivity index (χ2v) is 6.72. The summed E-state index contributed by atoms with van der Waals surface area (Å²) in [5.74, 6) is 0.748. The Morgan fingerprint density at radius 3 is 2.75 bits per heavy atom. The monoisotopic (exact) mass is 298 g/mol. The number of para-hydroxylation sites is 1. The summed E-state index contributed by atoms with van der Waals surface area (Å²) in [5.41, 5.74) is 0. The average molecular weight is 298 g/mol. The molecule has 1 heterocycles. The molecule has 0 bridgehead atoms. The Hall–Kier alpha value is -1.11. The summed E-state index contributed by atoms with van der Waals surface area (Å²) >= 11 is 0. The zero-order valence-electron chi connectivity index (χ0n) is 11.8. The van der Waals surface area contributed by atoms with E-state index in [9.17, 15) is 8.42 Å². The SMILES string of the molecule is C[C@@H]1CCCCN1S(=O)(=O)NCCOc1ccccc1. The Morgan fingerprint density at radius 1 is 1.30 bits per heavy atom. The Bertz CT molecular complexity index is 504. The second-order valence-electron chi connectivity index (χ2n) is 5.02. The summed E-state index contributed by atoms with van der Waals surface area (Å²) in [5, 5.41) is 0. The predicted octanol–water partition coefficient (Wildman–Crippen LogP) is 1.77. The molecule has 0 amide bonds. The van der Waals surface area contributed by atoms with Crippen molar-refractivity contribution >= 4 is 10.2 Å². The normalized spacial score (nSPS) is 20.8. The van der Waals surface area contributed by atoms with E-state index < -0.39 is 10.2 Å². The van der Waals surface area contributed by atoms with Gasteiger partial charge in [0.15, 0.2) is 0 Å². The number of benzene rings is 1. The molecular formula is C14H22N2O3S. The van der Waals surface area contributed by atoms with Crippen LogP contribution >= 0.6 is 0 Å². The molecule has 5 nitrogen and oxygen atoms in total. The van der Waals surface area contributed by atoms with Crippen LogP contribution in [0.15, 0.2) is 30.3 Å². The third-order valence-corrected chi connectivity index (χ3v) is 5.18. The van der Waals surface area contributed by atoms with E-state index in [0.29, 0.717) is 13.2 Å². The summed E-state index contributed by atoms with van der Waals surface area (Å²) in [6, 6.07) is 9.45. The van der Waals surface area contributed by atoms with Crippen LogP contribution in [0.1, 0.15) is 26.2 Å². The maximum absolute atomic E-state index is 12.2. The molecular weight excluding hydrogens is 276 g/mol. The van der Waals surface area contributed by atoms with Crippen molar-refractivity contribution in [1.29, 1.82) is 0 Å². The van der Waals surface area contributed by atoms with Crippen LogP contribution in [-0.2, 0) is 10.2 Å². The molecule has 0 aliphatic carbocycles. The van der Waals surface area contributed by atoms with Crippen molar-refractivity contribution in [2.24, 2.45) is 0 Å². The smallest absolute Gasteiger partial charge is 0.279 e. The molecule has 1 aliphatic heterocycles. The van der Waals surface area contributed by atoms with Crippen molar-refractivity contribution in [1.82, 2.24) is 9.03 Å². The minimum Gasteiger partial charge on any atom is -0.492 e. The molecule has 1 atom stereocenters. The van der Waals surface area contributed by atoms with Crippen LogP contribution in [-0.4, -0.2) is 38.5 Å². The van der Waals surface area contributed by atoms with Crippen LogP contribution < -0.4 is 9.46 Å². The van der Waals surface area contributed by atoms with Crippen LogP contribution in [0.4, 0.5) is 0 Å². The fourth-order valence-electron chi connectivity index (χ4n) is 2.37. The topological polar surface area (TPSA) is 58.6 Å². The first-order valence-electron chi connectivity index (χ1n) is 7.04. The first kappa shape index (κ1) is 15.3. The third-order valence-electron chi connectivity index (χ3n) is 3.45. The van der Waals surface area contributed by atoms with Gasteiger partial charge in [0.1, 0.15) is 12.4 Å². The number of ether oxygens (including phenoxy) is 1. The molecule has 112 valence electrons. The molecule has 2 rings (SSSR count). The molecule has 0 saturated carbocycles. The molecule has 1 aromatic rings. The Kier molecular flexibility index (Phi) is 5.39. The van der Waals surface area contributed by atoms with Crippen molar-refractivity contribution in [3.05, 3.63) is 30.3 Å². The molecule has 1 aliphatic rings. The minimum atomic E-state index is -3.38. The largest absolute Gasteiger partial charge is 0.492 e. The summed E-state index contributed by atoms with van der Waals surface area (Å²) in [6.45, 7) is 3.17. The van der Waals surface area contributed by atoms with Crippen molar-refractivity contribution in [3.8, 4) is 5.75 Å². The number of hydrogen-bond acceptors (Lipinski definition) is 3. The molecule has 1 aromatic carbocycles. The number of rotatable bonds is 6. The zero-order chi connectivity index (χ0) is 14.4. The van der Waals surface area contributed by atoms with Gasteiger partial charge < -0.3 is 4.74 Å². The lowest BCUT2D eigenvalue weighted by Crippen LogP contribution is -2.48. The van der Waals surface area contributed by atoms with Gasteiger partial charge in [-0.05, 0) is 31.9 Å². The molecule has 20 heavy (non-hydrogen) atoms. The Balaban J connectivity index is 1.77. The van der Waals surface area contributed by atoms with Crippen LogP contribution in [0.25, 0.3) is 0 Å². The number of nitrogens with one attached hydrogen (secondary N) is 1. The fourth-order valence-corrected chi connectivity index (χ4v) is 3.82. The molecule has 1 saturated heterocycles. The highest BCUT2D eigenvalue weighted by atomic mass is 32.2. The first-order chi connectivity index (χ1) is 9.59. The Labute approximate surface area is 121 Å². The lowest BCUT2D eigenvalue weighted by Gasteiger charge is -2.32. The fraction of sp³-hybridized carbons (Fsp3) is 0.571. The van der Waals surface area contributed by atoms with E-state index >= 15 is 0 Å². The lowest BCUT2D eigenvalue weighted by atomic mass is 10.1. The van der Waals surface area contributed by atoms with Gasteiger partial charge in [-0.1, -0.05) is 24.6 Å². The number of hydrogen-bond donors (Lipinski definition) is 1. The van der Waals surface area contributed by atoms with E-state index in [1.165, 1.54) is 0 Å². The Morgan fingerprint density at radius 2 is 2.05 bits per heavy atom. The van der Waals surface area contributed by atoms with E-state index in [0.717, 1.165) is 25.0 Å². The van der Waals surface area contributed by atoms with Crippen molar-refractivity contribution in [2.45, 2.75) is 32.2 Å². The van der Waals surface area contributed by atoms with Gasteiger partial charge in [0.25, 0.3) is 10.2 Å². The van der Waals surface area contributed by atoms with Gasteiger partial charge in [-0.2, -0.15) is 17.4 Å². The van der Waals surface area contributed by atoms with Crippen LogP contribution in [0, 0.1) is 0 Å². The lowest BCUT2D eigenvalue weighted by molar-refractivity contribution is 0.262. The van der Waals surface area contributed by atoms with Crippen LogP contribution in [0.2, 0.25) is 0 Å². The van der Waals surface area contributed by atoms with Gasteiger partial charge in [0.05, 0.1) is 0 Å². The standard InChI is InChI=1S/C14H22N2O3S/c1-13-7-5-6-11-16(13)20(17,18)15-10-12-19-14-8-3-2-4-9-14/h2-4,8-9,13,15H,5-7,10-12H2,1H3/t13-/m1/s1. The quantitative estimate of drug-likeness (QED) is 0.814. The van der Waals surface area contributed by atoms with E-state index in [1.54, 1.807) is 4.31 Å². The van der Waals surface area contributed by atoms with Gasteiger partial charge in [0.2, 0.25) is 0 Å². The van der Waals surface area contributed by atoms with Crippen LogP contribution in [0.5, 0.6) is 5.75 Å². The molecule has 0 radical (unpaired) electrons. The summed E-state index contributed by atoms with van der Waals surface area (Å²) < 4.78 is 34.0. The van der Waals surface area contributed by atoms with Gasteiger partial charge in [-0.25, -0.2) is 0 Å². The van der Waals surface area contributed by atoms with Crippen molar-refractivity contribution in [3.63, 3.8) is 0 Å². The maximum Gasteiger partial charge on any atom is 0.279 e. The zero-order valence-corrected chi connectivity index (χ0v) is 12.6. The van der Waals surface area contributed by atoms with E-state index in [-0.39, 0.29) is 12.6 Å². The number of piperidine rings is 1. The molecule has 6 heteroatoms. The molecule has 0 spiro atoms. The van der Waals surface area contributed by atoms with Gasteiger partial charge in [-0.15, -0.1) is 0 Å². The maximum atomic E-state index is 12.2. The predicted molar refractivity (Wildman–Crippen MR) is 78.9 cm³/mol. The van der Waals surface area contributed by atoms with E-state index in [2.05, 4.69) is 4.72 Å². The molecule has 1 fully saturated rings. The van der Waals surface area contributed by atoms with Gasteiger partial charge >= 0.3 is 0 Å². The average Bonchev–Trinajstić information content (AvgIpc) is 2.45. The van der Waals surface area contributed by atoms with E-state index in [1.807, 2.05) is 37.3 Å². The van der Waals surface area contributed by atoms with Crippen LogP contribution in [0.3, 0.4) is 0 Å². The highest BCUT2D eigenvalue weighted by molar-refractivity contribution is 7.87. The molecule has 1 N–H and O–H groups in total. The van der Waals surface area contributed by atoms with Crippen molar-refractivity contribution < 1.29 is 13.2 Å².